The average Bonchev–Trinajstić information content (AvgIpc) is 2.80. The zero-order chi connectivity index (χ0) is 23.3. The van der Waals surface area contributed by atoms with Crippen LogP contribution in [-0.4, -0.2) is 59.7 Å². The van der Waals surface area contributed by atoms with E-state index in [1.807, 2.05) is 11.8 Å². The first-order valence-corrected chi connectivity index (χ1v) is 11.9. The summed E-state index contributed by atoms with van der Waals surface area (Å²) in [5.41, 5.74) is 0.775. The van der Waals surface area contributed by atoms with Crippen LogP contribution < -0.4 is 5.32 Å². The van der Waals surface area contributed by atoms with E-state index in [2.05, 4.69) is 19.2 Å². The van der Waals surface area contributed by atoms with Gasteiger partial charge >= 0.3 is 0 Å². The van der Waals surface area contributed by atoms with Gasteiger partial charge in [-0.2, -0.15) is 0 Å². The Kier molecular flexibility index (Phi) is 8.26. The van der Waals surface area contributed by atoms with Crippen LogP contribution in [0.5, 0.6) is 0 Å². The Hall–Kier alpha value is -2.44. The first-order valence-electron chi connectivity index (χ1n) is 11.9. The molecule has 2 fully saturated rings. The molecule has 2 unspecified atom stereocenters. The molecule has 3 amide bonds. The molecule has 1 aromatic carbocycles. The van der Waals surface area contributed by atoms with Crippen LogP contribution in [0.25, 0.3) is 0 Å². The van der Waals surface area contributed by atoms with Gasteiger partial charge in [-0.15, -0.1) is 0 Å². The number of carbonyl (C=O) groups excluding carboxylic acids is 3. The van der Waals surface area contributed by atoms with Crippen LogP contribution in [-0.2, 0) is 20.8 Å². The lowest BCUT2D eigenvalue weighted by Crippen LogP contribution is -2.50. The van der Waals surface area contributed by atoms with Gasteiger partial charge in [-0.1, -0.05) is 26.0 Å². The molecule has 2 aliphatic rings. The minimum absolute atomic E-state index is 0.0243. The van der Waals surface area contributed by atoms with Crippen molar-refractivity contribution in [3.05, 3.63) is 35.6 Å². The van der Waals surface area contributed by atoms with E-state index in [9.17, 15) is 18.8 Å². The van der Waals surface area contributed by atoms with Crippen LogP contribution >= 0.6 is 0 Å². The van der Waals surface area contributed by atoms with Gasteiger partial charge in [-0.25, -0.2) is 4.39 Å². The Morgan fingerprint density at radius 3 is 2.25 bits per heavy atom. The second-order valence-electron chi connectivity index (χ2n) is 9.62. The Labute approximate surface area is 190 Å². The van der Waals surface area contributed by atoms with E-state index in [1.165, 1.54) is 12.1 Å². The number of amides is 3. The molecule has 0 radical (unpaired) electrons. The van der Waals surface area contributed by atoms with E-state index in [0.29, 0.717) is 44.9 Å². The highest BCUT2D eigenvalue weighted by Gasteiger charge is 2.34. The van der Waals surface area contributed by atoms with Crippen molar-refractivity contribution >= 4 is 17.7 Å². The number of rotatable bonds is 6. The van der Waals surface area contributed by atoms with Crippen LogP contribution in [0, 0.1) is 23.6 Å². The van der Waals surface area contributed by atoms with Crippen LogP contribution in [0.1, 0.15) is 52.0 Å². The van der Waals surface area contributed by atoms with Crippen LogP contribution in [0.4, 0.5) is 4.39 Å². The topological polar surface area (TPSA) is 69.7 Å². The summed E-state index contributed by atoms with van der Waals surface area (Å²) in [6.07, 6.45) is 3.17. The number of nitrogens with one attached hydrogen (secondary N) is 1. The third kappa shape index (κ3) is 6.30. The average molecular weight is 446 g/mol. The summed E-state index contributed by atoms with van der Waals surface area (Å²) >= 11 is 0. The molecule has 2 atom stereocenters. The summed E-state index contributed by atoms with van der Waals surface area (Å²) in [5, 5.41) is 3.09. The maximum absolute atomic E-state index is 13.1. The zero-order valence-electron chi connectivity index (χ0n) is 19.5. The summed E-state index contributed by atoms with van der Waals surface area (Å²) in [6, 6.07) is 6.11. The molecule has 1 aromatic rings. The van der Waals surface area contributed by atoms with Crippen molar-refractivity contribution < 1.29 is 18.8 Å². The molecular weight excluding hydrogens is 409 g/mol. The maximum Gasteiger partial charge on any atom is 0.227 e. The molecule has 7 heteroatoms. The van der Waals surface area contributed by atoms with Crippen molar-refractivity contribution in [3.8, 4) is 0 Å². The van der Waals surface area contributed by atoms with Gasteiger partial charge in [0.25, 0.3) is 0 Å². The molecule has 0 bridgehead atoms. The van der Waals surface area contributed by atoms with Gasteiger partial charge in [-0.05, 0) is 56.2 Å². The highest BCUT2D eigenvalue weighted by atomic mass is 19.1. The fraction of sp³-hybridized carbons (Fsp3) is 0.640. The monoisotopic (exact) mass is 445 g/mol. The number of hydrogen-bond donors (Lipinski definition) is 1. The number of benzene rings is 1. The largest absolute Gasteiger partial charge is 0.353 e. The van der Waals surface area contributed by atoms with Gasteiger partial charge in [0.05, 0.1) is 12.3 Å². The van der Waals surface area contributed by atoms with Crippen molar-refractivity contribution in [1.29, 1.82) is 0 Å². The van der Waals surface area contributed by atoms with E-state index < -0.39 is 0 Å². The molecule has 1 N–H and O–H groups in total. The molecule has 32 heavy (non-hydrogen) atoms. The van der Waals surface area contributed by atoms with Crippen molar-refractivity contribution in [2.24, 2.45) is 17.8 Å². The molecule has 2 heterocycles. The van der Waals surface area contributed by atoms with E-state index >= 15 is 0 Å². The Bertz CT molecular complexity index is 803. The highest BCUT2D eigenvalue weighted by molar-refractivity contribution is 5.83. The smallest absolute Gasteiger partial charge is 0.227 e. The fourth-order valence-electron chi connectivity index (χ4n) is 4.42. The van der Waals surface area contributed by atoms with Gasteiger partial charge in [0.2, 0.25) is 17.7 Å². The molecule has 0 aliphatic carbocycles. The quantitative estimate of drug-likeness (QED) is 0.732. The van der Waals surface area contributed by atoms with E-state index in [1.54, 1.807) is 17.0 Å². The van der Waals surface area contributed by atoms with E-state index in [0.717, 1.165) is 18.4 Å². The van der Waals surface area contributed by atoms with Gasteiger partial charge in [0.15, 0.2) is 0 Å². The number of carbonyl (C=O) groups is 3. The first-order chi connectivity index (χ1) is 15.2. The minimum Gasteiger partial charge on any atom is -0.353 e. The molecule has 176 valence electrons. The second-order valence-corrected chi connectivity index (χ2v) is 9.62. The zero-order valence-corrected chi connectivity index (χ0v) is 19.5. The first kappa shape index (κ1) is 24.2. The summed E-state index contributed by atoms with van der Waals surface area (Å²) in [7, 11) is 0. The lowest BCUT2D eigenvalue weighted by molar-refractivity contribution is -0.143. The molecule has 2 aliphatic heterocycles. The van der Waals surface area contributed by atoms with Gasteiger partial charge < -0.3 is 15.1 Å². The predicted molar refractivity (Wildman–Crippen MR) is 121 cm³/mol. The summed E-state index contributed by atoms with van der Waals surface area (Å²) < 4.78 is 13.1. The number of piperidine rings is 2. The number of hydrogen-bond acceptors (Lipinski definition) is 3. The summed E-state index contributed by atoms with van der Waals surface area (Å²) in [5.74, 6) is 0.00442. The van der Waals surface area contributed by atoms with Gasteiger partial charge in [0.1, 0.15) is 5.82 Å². The SMILES string of the molecule is CC(C)C(C)NC(=O)C1CCN(C(=O)C2CCCN(C(=O)Cc3ccc(F)cc3)C2)CC1. The number of likely N-dealkylation sites (tertiary alicyclic amines) is 2. The lowest BCUT2D eigenvalue weighted by Gasteiger charge is -2.38. The summed E-state index contributed by atoms with van der Waals surface area (Å²) in [6.45, 7) is 8.47. The maximum atomic E-state index is 13.1. The highest BCUT2D eigenvalue weighted by Crippen LogP contribution is 2.24. The van der Waals surface area contributed by atoms with E-state index in [4.69, 9.17) is 0 Å². The van der Waals surface area contributed by atoms with Crippen LogP contribution in [0.3, 0.4) is 0 Å². The Morgan fingerprint density at radius 1 is 0.969 bits per heavy atom. The number of nitrogens with zero attached hydrogens (tertiary/aromatic N) is 2. The molecule has 3 rings (SSSR count). The molecule has 6 nitrogen and oxygen atoms in total. The normalized spacial score (nSPS) is 20.8. The molecule has 0 spiro atoms. The van der Waals surface area contributed by atoms with Crippen LogP contribution in [0.2, 0.25) is 0 Å². The molecular formula is C25H36FN3O3. The van der Waals surface area contributed by atoms with Crippen molar-refractivity contribution in [3.63, 3.8) is 0 Å². The fourth-order valence-corrected chi connectivity index (χ4v) is 4.42. The second kappa shape index (κ2) is 10.9. The standard InChI is InChI=1S/C25H36FN3O3/c1-17(2)18(3)27-24(31)20-10-13-28(14-11-20)25(32)21-5-4-12-29(16-21)23(30)15-19-6-8-22(26)9-7-19/h6-9,17-18,20-21H,4-5,10-16H2,1-3H3,(H,27,31). The lowest BCUT2D eigenvalue weighted by atomic mass is 9.91. The van der Waals surface area contributed by atoms with Gasteiger partial charge in [0, 0.05) is 38.1 Å². The minimum atomic E-state index is -0.319. The van der Waals surface area contributed by atoms with Gasteiger partial charge in [-0.3, -0.25) is 14.4 Å². The Balaban J connectivity index is 1.48. The molecule has 0 saturated carbocycles. The summed E-state index contributed by atoms with van der Waals surface area (Å²) in [4.78, 5) is 42.0. The number of halogens is 1. The predicted octanol–water partition coefficient (Wildman–Crippen LogP) is 3.01. The van der Waals surface area contributed by atoms with Crippen molar-refractivity contribution in [2.75, 3.05) is 26.2 Å². The molecule has 0 aromatic heterocycles. The van der Waals surface area contributed by atoms with E-state index in [-0.39, 0.29) is 47.8 Å². The Morgan fingerprint density at radius 2 is 1.62 bits per heavy atom. The molecule has 2 saturated heterocycles. The van der Waals surface area contributed by atoms with Crippen molar-refractivity contribution in [2.45, 2.75) is 58.9 Å². The third-order valence-electron chi connectivity index (χ3n) is 6.94. The van der Waals surface area contributed by atoms with Crippen molar-refractivity contribution in [1.82, 2.24) is 15.1 Å². The third-order valence-corrected chi connectivity index (χ3v) is 6.94. The van der Waals surface area contributed by atoms with Crippen LogP contribution in [0.15, 0.2) is 24.3 Å².